The molecule has 1 N–H and O–H groups in total. The lowest BCUT2D eigenvalue weighted by Gasteiger charge is -2.15. The van der Waals surface area contributed by atoms with Crippen LogP contribution in [0.15, 0.2) is 24.3 Å². The van der Waals surface area contributed by atoms with Gasteiger partial charge in [-0.2, -0.15) is 0 Å². The van der Waals surface area contributed by atoms with Crippen LogP contribution >= 0.6 is 0 Å². The van der Waals surface area contributed by atoms with Gasteiger partial charge in [-0.05, 0) is 44.9 Å². The summed E-state index contributed by atoms with van der Waals surface area (Å²) in [6, 6.07) is 0. The minimum absolute atomic E-state index is 0.0568. The monoisotopic (exact) mass is 1220 g/mol. The molecule has 0 heterocycles. The Morgan fingerprint density at radius 2 is 0.460 bits per heavy atom. The van der Waals surface area contributed by atoms with Gasteiger partial charge in [0.1, 0.15) is 6.61 Å². The van der Waals surface area contributed by atoms with Crippen LogP contribution in [0.25, 0.3) is 0 Å². The fourth-order valence-corrected chi connectivity index (χ4v) is 12.9. The first-order chi connectivity index (χ1) is 43.1. The standard InChI is InChI=1S/C82H158O5/c1-3-5-7-9-11-13-15-17-19-21-23-25-27-29-31-33-35-37-39-41-43-45-47-49-51-53-55-57-59-61-63-65-67-69-71-73-75-77-82(85)87-80(78-83)79-86-81(84)76-74-72-70-68-66-64-62-60-58-56-54-52-50-48-46-44-42-40-38-36-34-32-30-28-26-24-22-20-18-16-14-12-10-8-6-4-2/h15,17,21,23,80,83H,3-14,16,18-20,22,24-79H2,1-2H3/b17-15-,23-21-. The third kappa shape index (κ3) is 76.7. The van der Waals surface area contributed by atoms with Crippen molar-refractivity contribution in [2.75, 3.05) is 13.2 Å². The zero-order valence-electron chi connectivity index (χ0n) is 59.6. The first kappa shape index (κ1) is 85.4. The van der Waals surface area contributed by atoms with E-state index in [2.05, 4.69) is 38.2 Å². The van der Waals surface area contributed by atoms with Crippen LogP contribution in [0, 0.1) is 0 Å². The second-order valence-corrected chi connectivity index (χ2v) is 27.9. The molecule has 516 valence electrons. The first-order valence-corrected chi connectivity index (χ1v) is 40.4. The van der Waals surface area contributed by atoms with Crippen LogP contribution in [0.3, 0.4) is 0 Å². The number of aliphatic hydroxyl groups is 1. The molecule has 0 saturated carbocycles. The second-order valence-electron chi connectivity index (χ2n) is 27.9. The highest BCUT2D eigenvalue weighted by atomic mass is 16.6. The molecule has 1 atom stereocenters. The maximum Gasteiger partial charge on any atom is 0.306 e. The number of carbonyl (C=O) groups is 2. The summed E-state index contributed by atoms with van der Waals surface area (Å²) in [5.74, 6) is -0.559. The Kier molecular flexibility index (Phi) is 77.2. The highest BCUT2D eigenvalue weighted by Gasteiger charge is 2.16. The van der Waals surface area contributed by atoms with Gasteiger partial charge >= 0.3 is 11.9 Å². The molecule has 5 heteroatoms. The van der Waals surface area contributed by atoms with E-state index < -0.39 is 6.10 Å². The number of rotatable bonds is 77. The molecule has 0 aliphatic rings. The Hall–Kier alpha value is -1.62. The molecule has 1 unspecified atom stereocenters. The molecular weight excluding hydrogens is 1060 g/mol. The summed E-state index contributed by atoms with van der Waals surface area (Å²) < 4.78 is 10.8. The van der Waals surface area contributed by atoms with E-state index in [4.69, 9.17) is 9.47 Å². The molecular formula is C82H158O5. The zero-order chi connectivity index (χ0) is 62.6. The van der Waals surface area contributed by atoms with Crippen LogP contribution in [0.2, 0.25) is 0 Å². The second kappa shape index (κ2) is 78.6. The molecule has 0 amide bonds. The molecule has 0 spiro atoms. The zero-order valence-corrected chi connectivity index (χ0v) is 59.6. The molecule has 0 aliphatic carbocycles. The fourth-order valence-electron chi connectivity index (χ4n) is 12.9. The molecule has 0 saturated heterocycles. The number of hydrogen-bond donors (Lipinski definition) is 1. The van der Waals surface area contributed by atoms with Crippen LogP contribution < -0.4 is 0 Å². The van der Waals surface area contributed by atoms with Gasteiger partial charge in [0.2, 0.25) is 0 Å². The predicted molar refractivity (Wildman–Crippen MR) is 385 cm³/mol. The largest absolute Gasteiger partial charge is 0.462 e. The van der Waals surface area contributed by atoms with Gasteiger partial charge in [0.05, 0.1) is 6.61 Å². The van der Waals surface area contributed by atoms with Crippen molar-refractivity contribution in [3.05, 3.63) is 24.3 Å². The smallest absolute Gasteiger partial charge is 0.306 e. The molecule has 0 bridgehead atoms. The summed E-state index contributed by atoms with van der Waals surface area (Å²) in [5, 5.41) is 9.73. The molecule has 0 aromatic heterocycles. The van der Waals surface area contributed by atoms with E-state index in [9.17, 15) is 14.7 Å². The van der Waals surface area contributed by atoms with E-state index >= 15 is 0 Å². The van der Waals surface area contributed by atoms with Crippen LogP contribution in [0.4, 0.5) is 0 Å². The number of allylic oxidation sites excluding steroid dienone is 4. The fraction of sp³-hybridized carbons (Fsp3) is 0.927. The van der Waals surface area contributed by atoms with Crippen molar-refractivity contribution in [2.24, 2.45) is 0 Å². The maximum atomic E-state index is 12.4. The summed E-state index contributed by atoms with van der Waals surface area (Å²) in [5.41, 5.74) is 0. The van der Waals surface area contributed by atoms with Crippen molar-refractivity contribution >= 4 is 11.9 Å². The van der Waals surface area contributed by atoms with E-state index in [1.807, 2.05) is 0 Å². The summed E-state index contributed by atoms with van der Waals surface area (Å²) in [7, 11) is 0. The third-order valence-corrected chi connectivity index (χ3v) is 19.0. The number of unbranched alkanes of at least 4 members (excludes halogenated alkanes) is 65. The number of aliphatic hydroxyl groups excluding tert-OH is 1. The molecule has 0 rings (SSSR count). The van der Waals surface area contributed by atoms with Crippen molar-refractivity contribution < 1.29 is 24.2 Å². The molecule has 0 aromatic carbocycles. The van der Waals surface area contributed by atoms with Crippen LogP contribution in [-0.4, -0.2) is 36.4 Å². The van der Waals surface area contributed by atoms with Crippen LogP contribution in [-0.2, 0) is 19.1 Å². The van der Waals surface area contributed by atoms with E-state index in [-0.39, 0.29) is 25.2 Å². The minimum atomic E-state index is -0.768. The van der Waals surface area contributed by atoms with Gasteiger partial charge in [0.25, 0.3) is 0 Å². The van der Waals surface area contributed by atoms with Gasteiger partial charge in [-0.15, -0.1) is 0 Å². The van der Waals surface area contributed by atoms with Crippen molar-refractivity contribution in [1.82, 2.24) is 0 Å². The number of carbonyl (C=O) groups excluding carboxylic acids is 2. The van der Waals surface area contributed by atoms with E-state index in [1.165, 1.54) is 405 Å². The van der Waals surface area contributed by atoms with Crippen LogP contribution in [0.1, 0.15) is 470 Å². The van der Waals surface area contributed by atoms with Crippen molar-refractivity contribution in [2.45, 2.75) is 476 Å². The molecule has 0 aromatic rings. The summed E-state index contributed by atoms with van der Waals surface area (Å²) in [4.78, 5) is 24.7. The number of esters is 2. The summed E-state index contributed by atoms with van der Waals surface area (Å²) in [6.45, 7) is 4.21. The predicted octanol–water partition coefficient (Wildman–Crippen LogP) is 28.3. The van der Waals surface area contributed by atoms with Crippen molar-refractivity contribution in [3.63, 3.8) is 0 Å². The third-order valence-electron chi connectivity index (χ3n) is 19.0. The maximum absolute atomic E-state index is 12.4. The van der Waals surface area contributed by atoms with E-state index in [0.717, 1.165) is 38.5 Å². The van der Waals surface area contributed by atoms with Crippen molar-refractivity contribution in [1.29, 1.82) is 0 Å². The normalized spacial score (nSPS) is 12.2. The molecule has 0 fully saturated rings. The number of ether oxygens (including phenoxy) is 2. The number of hydrogen-bond acceptors (Lipinski definition) is 5. The van der Waals surface area contributed by atoms with Gasteiger partial charge < -0.3 is 14.6 Å². The lowest BCUT2D eigenvalue weighted by molar-refractivity contribution is -0.161. The summed E-state index contributed by atoms with van der Waals surface area (Å²) >= 11 is 0. The average molecular weight is 1220 g/mol. The van der Waals surface area contributed by atoms with E-state index in [0.29, 0.717) is 12.8 Å². The Morgan fingerprint density at radius 1 is 0.264 bits per heavy atom. The lowest BCUT2D eigenvalue weighted by Crippen LogP contribution is -2.28. The van der Waals surface area contributed by atoms with Gasteiger partial charge in [-0.25, -0.2) is 0 Å². The Labute approximate surface area is 546 Å². The Balaban J connectivity index is 3.34. The highest BCUT2D eigenvalue weighted by molar-refractivity contribution is 5.70. The van der Waals surface area contributed by atoms with E-state index in [1.54, 1.807) is 0 Å². The van der Waals surface area contributed by atoms with Gasteiger partial charge in [-0.3, -0.25) is 9.59 Å². The average Bonchev–Trinajstić information content (AvgIpc) is 3.52. The van der Waals surface area contributed by atoms with Crippen molar-refractivity contribution in [3.8, 4) is 0 Å². The molecule has 5 nitrogen and oxygen atoms in total. The topological polar surface area (TPSA) is 72.8 Å². The van der Waals surface area contributed by atoms with Gasteiger partial charge in [0.15, 0.2) is 6.10 Å². The Bertz CT molecular complexity index is 1340. The molecule has 0 aliphatic heterocycles. The lowest BCUT2D eigenvalue weighted by atomic mass is 10.0. The van der Waals surface area contributed by atoms with Gasteiger partial charge in [-0.1, -0.05) is 436 Å². The highest BCUT2D eigenvalue weighted by Crippen LogP contribution is 2.21. The quantitative estimate of drug-likeness (QED) is 0.0373. The first-order valence-electron chi connectivity index (χ1n) is 40.4. The molecule has 0 radical (unpaired) electrons. The van der Waals surface area contributed by atoms with Gasteiger partial charge in [0, 0.05) is 12.8 Å². The molecule has 87 heavy (non-hydrogen) atoms. The minimum Gasteiger partial charge on any atom is -0.462 e. The Morgan fingerprint density at radius 3 is 0.678 bits per heavy atom. The van der Waals surface area contributed by atoms with Crippen LogP contribution in [0.5, 0.6) is 0 Å². The SMILES string of the molecule is CCCCCCC/C=C\C/C=C\CCCCCCCCCCCCCCCCCCCCCCCCCCCC(=O)OC(CO)COC(=O)CCCCCCCCCCCCCCCCCCCCCCCCCCCCCCCCCCCCCC. The summed E-state index contributed by atoms with van der Waals surface area (Å²) in [6.07, 6.45) is 104.